The molecule has 0 aliphatic carbocycles. The summed E-state index contributed by atoms with van der Waals surface area (Å²) in [5.41, 5.74) is -0.715. The molecule has 2 N–H and O–H groups in total. The number of halogens is 2. The molecule has 0 spiro atoms. The molecule has 0 unspecified atom stereocenters. The highest BCUT2D eigenvalue weighted by atomic mass is 19.1. The summed E-state index contributed by atoms with van der Waals surface area (Å²) in [5.74, 6) is -3.87. The lowest BCUT2D eigenvalue weighted by atomic mass is 9.99. The quantitative estimate of drug-likeness (QED) is 0.567. The van der Waals surface area contributed by atoms with Crippen LogP contribution in [0.2, 0.25) is 0 Å². The predicted molar refractivity (Wildman–Crippen MR) is 124 cm³/mol. The molecule has 2 aromatic carbocycles. The Bertz CT molecular complexity index is 1410. The SMILES string of the molecule is CC[C@@H]1[C@H](c2ccccc2)O[C@@H]2Cn3cc(C(=O)NCc4ccc(F)cc4F)c(=O)c(O)c3C(=O)N12. The second-order valence-corrected chi connectivity index (χ2v) is 8.75. The first-order valence-corrected chi connectivity index (χ1v) is 11.5. The highest BCUT2D eigenvalue weighted by Crippen LogP contribution is 2.40. The van der Waals surface area contributed by atoms with Crippen molar-refractivity contribution in [3.05, 3.63) is 99.0 Å². The minimum Gasteiger partial charge on any atom is -0.503 e. The molecular formula is C26H23F2N3O5. The fourth-order valence-corrected chi connectivity index (χ4v) is 4.86. The molecule has 3 aromatic rings. The van der Waals surface area contributed by atoms with Crippen molar-refractivity contribution in [3.8, 4) is 5.75 Å². The molecule has 10 heteroatoms. The van der Waals surface area contributed by atoms with E-state index >= 15 is 0 Å². The number of hydrogen-bond acceptors (Lipinski definition) is 5. The van der Waals surface area contributed by atoms with Crippen LogP contribution in [-0.2, 0) is 17.8 Å². The van der Waals surface area contributed by atoms with Crippen LogP contribution in [0.1, 0.15) is 51.4 Å². The average molecular weight is 495 g/mol. The maximum atomic E-state index is 13.9. The second kappa shape index (κ2) is 9.19. The molecule has 186 valence electrons. The number of ether oxygens (including phenoxy) is 1. The van der Waals surface area contributed by atoms with E-state index in [2.05, 4.69) is 5.32 Å². The van der Waals surface area contributed by atoms with E-state index in [9.17, 15) is 28.3 Å². The number of fused-ring (bicyclic) bond motifs is 2. The summed E-state index contributed by atoms with van der Waals surface area (Å²) in [6.07, 6.45) is 0.740. The van der Waals surface area contributed by atoms with Gasteiger partial charge in [-0.25, -0.2) is 8.78 Å². The summed E-state index contributed by atoms with van der Waals surface area (Å²) in [5, 5.41) is 13.1. The van der Waals surface area contributed by atoms with Crippen LogP contribution in [0.3, 0.4) is 0 Å². The molecule has 1 aromatic heterocycles. The van der Waals surface area contributed by atoms with E-state index in [1.165, 1.54) is 16.8 Å². The largest absolute Gasteiger partial charge is 0.503 e. The van der Waals surface area contributed by atoms with Crippen molar-refractivity contribution < 1.29 is 28.2 Å². The van der Waals surface area contributed by atoms with E-state index in [1.54, 1.807) is 4.90 Å². The normalized spacial score (nSPS) is 20.7. The third-order valence-corrected chi connectivity index (χ3v) is 6.61. The molecule has 3 heterocycles. The molecule has 1 saturated heterocycles. The van der Waals surface area contributed by atoms with Gasteiger partial charge < -0.3 is 24.6 Å². The average Bonchev–Trinajstić information content (AvgIpc) is 3.24. The molecule has 3 atom stereocenters. The van der Waals surface area contributed by atoms with E-state index in [0.717, 1.165) is 11.6 Å². The number of hydrogen-bond donors (Lipinski definition) is 2. The fraction of sp³-hybridized carbons (Fsp3) is 0.269. The smallest absolute Gasteiger partial charge is 0.276 e. The molecule has 5 rings (SSSR count). The van der Waals surface area contributed by atoms with Gasteiger partial charge in [0, 0.05) is 24.4 Å². The maximum absolute atomic E-state index is 13.9. The van der Waals surface area contributed by atoms with E-state index < -0.39 is 46.4 Å². The first-order valence-electron chi connectivity index (χ1n) is 11.5. The Labute approximate surface area is 204 Å². The predicted octanol–water partition coefficient (Wildman–Crippen LogP) is 3.09. The molecule has 0 radical (unpaired) electrons. The van der Waals surface area contributed by atoms with Gasteiger partial charge in [0.05, 0.1) is 12.6 Å². The summed E-state index contributed by atoms with van der Waals surface area (Å²) in [6.45, 7) is 1.72. The summed E-state index contributed by atoms with van der Waals surface area (Å²) >= 11 is 0. The minimum atomic E-state index is -1.02. The van der Waals surface area contributed by atoms with Gasteiger partial charge in [-0.2, -0.15) is 0 Å². The van der Waals surface area contributed by atoms with Crippen LogP contribution in [-0.4, -0.2) is 38.7 Å². The van der Waals surface area contributed by atoms with Gasteiger partial charge in [0.25, 0.3) is 11.8 Å². The molecule has 2 aliphatic rings. The Morgan fingerprint density at radius 2 is 1.92 bits per heavy atom. The van der Waals surface area contributed by atoms with E-state index in [-0.39, 0.29) is 36.5 Å². The van der Waals surface area contributed by atoms with Gasteiger partial charge in [-0.1, -0.05) is 43.3 Å². The second-order valence-electron chi connectivity index (χ2n) is 8.75. The number of benzene rings is 2. The first kappa shape index (κ1) is 23.7. The third kappa shape index (κ3) is 3.93. The molecule has 2 amide bonds. The summed E-state index contributed by atoms with van der Waals surface area (Å²) in [4.78, 5) is 40.5. The van der Waals surface area contributed by atoms with Crippen LogP contribution >= 0.6 is 0 Å². The van der Waals surface area contributed by atoms with Crippen molar-refractivity contribution in [2.24, 2.45) is 0 Å². The van der Waals surface area contributed by atoms with Gasteiger partial charge in [-0.05, 0) is 18.1 Å². The highest BCUT2D eigenvalue weighted by Gasteiger charge is 2.49. The molecule has 1 fully saturated rings. The van der Waals surface area contributed by atoms with Crippen LogP contribution in [0.4, 0.5) is 8.78 Å². The summed E-state index contributed by atoms with van der Waals surface area (Å²) in [7, 11) is 0. The Hall–Kier alpha value is -4.05. The lowest BCUT2D eigenvalue weighted by molar-refractivity contribution is -0.0154. The standard InChI is InChI=1S/C26H23F2N3O5/c1-2-19-24(14-6-4-3-5-7-14)36-20-13-30-12-17(22(32)23(33)21(30)26(35)31(19)20)25(34)29-11-15-8-9-16(27)10-18(15)28/h3-10,12,19-20,24,33H,2,11,13H2,1H3,(H,29,34)/t19-,20-,24+/m1/s1. The maximum Gasteiger partial charge on any atom is 0.276 e. The summed E-state index contributed by atoms with van der Waals surface area (Å²) in [6, 6.07) is 12.1. The fourth-order valence-electron chi connectivity index (χ4n) is 4.86. The van der Waals surface area contributed by atoms with E-state index in [4.69, 9.17) is 4.74 Å². The van der Waals surface area contributed by atoms with Crippen LogP contribution in [0.25, 0.3) is 0 Å². The molecule has 0 saturated carbocycles. The Morgan fingerprint density at radius 1 is 1.17 bits per heavy atom. The topological polar surface area (TPSA) is 101 Å². The Morgan fingerprint density at radius 3 is 2.61 bits per heavy atom. The van der Waals surface area contributed by atoms with Crippen LogP contribution in [0.5, 0.6) is 5.75 Å². The zero-order chi connectivity index (χ0) is 25.6. The zero-order valence-electron chi connectivity index (χ0n) is 19.3. The molecule has 36 heavy (non-hydrogen) atoms. The number of carbonyl (C=O) groups excluding carboxylic acids is 2. The number of nitrogens with zero attached hydrogens (tertiary/aromatic N) is 2. The van der Waals surface area contributed by atoms with Crippen molar-refractivity contribution in [3.63, 3.8) is 0 Å². The third-order valence-electron chi connectivity index (χ3n) is 6.61. The van der Waals surface area contributed by atoms with Crippen molar-refractivity contribution in [1.82, 2.24) is 14.8 Å². The van der Waals surface area contributed by atoms with Crippen molar-refractivity contribution in [1.29, 1.82) is 0 Å². The summed E-state index contributed by atoms with van der Waals surface area (Å²) < 4.78 is 34.6. The Kier molecular flexibility index (Phi) is 6.05. The Balaban J connectivity index is 1.43. The molecular weight excluding hydrogens is 472 g/mol. The number of rotatable bonds is 5. The number of carbonyl (C=O) groups is 2. The number of aromatic nitrogens is 1. The van der Waals surface area contributed by atoms with Crippen LogP contribution < -0.4 is 10.7 Å². The number of pyridine rings is 1. The lowest BCUT2D eigenvalue weighted by Gasteiger charge is -2.34. The minimum absolute atomic E-state index is 0.0229. The molecule has 8 nitrogen and oxygen atoms in total. The van der Waals surface area contributed by atoms with Crippen LogP contribution in [0.15, 0.2) is 59.5 Å². The lowest BCUT2D eigenvalue weighted by Crippen LogP contribution is -2.49. The van der Waals surface area contributed by atoms with Crippen molar-refractivity contribution in [2.75, 3.05) is 0 Å². The van der Waals surface area contributed by atoms with Crippen molar-refractivity contribution in [2.45, 2.75) is 44.8 Å². The number of aromatic hydroxyl groups is 1. The number of amides is 2. The number of nitrogens with one attached hydrogen (secondary N) is 1. The monoisotopic (exact) mass is 495 g/mol. The van der Waals surface area contributed by atoms with E-state index in [0.29, 0.717) is 12.5 Å². The van der Waals surface area contributed by atoms with E-state index in [1.807, 2.05) is 37.3 Å². The van der Waals surface area contributed by atoms with Gasteiger partial charge in [-0.3, -0.25) is 14.4 Å². The van der Waals surface area contributed by atoms with Crippen LogP contribution in [0, 0.1) is 11.6 Å². The molecule has 0 bridgehead atoms. The van der Waals surface area contributed by atoms with Gasteiger partial charge in [0.1, 0.15) is 23.3 Å². The van der Waals surface area contributed by atoms with Gasteiger partial charge in [-0.15, -0.1) is 0 Å². The van der Waals surface area contributed by atoms with Crippen molar-refractivity contribution >= 4 is 11.8 Å². The van der Waals surface area contributed by atoms with Gasteiger partial charge in [0.15, 0.2) is 17.7 Å². The zero-order valence-corrected chi connectivity index (χ0v) is 19.3. The molecule has 2 aliphatic heterocycles. The van der Waals surface area contributed by atoms with Gasteiger partial charge >= 0.3 is 0 Å². The van der Waals surface area contributed by atoms with Gasteiger partial charge in [0.2, 0.25) is 5.43 Å². The first-order chi connectivity index (χ1) is 17.3. The highest BCUT2D eigenvalue weighted by molar-refractivity contribution is 5.99.